The summed E-state index contributed by atoms with van der Waals surface area (Å²) in [6, 6.07) is 12.5. The van der Waals surface area contributed by atoms with Crippen LogP contribution in [-0.2, 0) is 0 Å². The van der Waals surface area contributed by atoms with E-state index >= 15 is 0 Å². The lowest BCUT2D eigenvalue weighted by Crippen LogP contribution is -1.86. The zero-order valence-corrected chi connectivity index (χ0v) is 11.8. The molecule has 0 bridgehead atoms. The van der Waals surface area contributed by atoms with E-state index in [4.69, 9.17) is 11.6 Å². The summed E-state index contributed by atoms with van der Waals surface area (Å²) >= 11 is 7.67. The van der Waals surface area contributed by atoms with E-state index in [1.165, 1.54) is 26.5 Å². The van der Waals surface area contributed by atoms with Gasteiger partial charge in [-0.05, 0) is 67.8 Å². The molecule has 2 rings (SSSR count). The van der Waals surface area contributed by atoms with E-state index in [9.17, 15) is 0 Å². The SMILES string of the molecule is Cc1cc(C)c(Sc2ccc(Cl)cc2)cc1C. The number of hydrogen-bond acceptors (Lipinski definition) is 1. The molecular formula is C15H15ClS. The standard InChI is InChI=1S/C15H15ClS/c1-10-8-12(3)15(9-11(10)2)17-14-6-4-13(16)5-7-14/h4-9H,1-3H3. The highest BCUT2D eigenvalue weighted by atomic mass is 35.5. The summed E-state index contributed by atoms with van der Waals surface area (Å²) in [4.78, 5) is 2.54. The van der Waals surface area contributed by atoms with Crippen molar-refractivity contribution in [2.75, 3.05) is 0 Å². The van der Waals surface area contributed by atoms with Crippen molar-refractivity contribution in [2.24, 2.45) is 0 Å². The van der Waals surface area contributed by atoms with E-state index in [1.54, 1.807) is 11.8 Å². The second kappa shape index (κ2) is 5.16. The molecule has 0 atom stereocenters. The van der Waals surface area contributed by atoms with Crippen LogP contribution in [0.4, 0.5) is 0 Å². The van der Waals surface area contributed by atoms with Crippen molar-refractivity contribution < 1.29 is 0 Å². The maximum Gasteiger partial charge on any atom is 0.0406 e. The Morgan fingerprint density at radius 3 is 2.06 bits per heavy atom. The topological polar surface area (TPSA) is 0 Å². The molecule has 0 saturated heterocycles. The van der Waals surface area contributed by atoms with E-state index in [0.717, 1.165) is 5.02 Å². The van der Waals surface area contributed by atoms with Crippen molar-refractivity contribution in [3.8, 4) is 0 Å². The average molecular weight is 263 g/mol. The van der Waals surface area contributed by atoms with Crippen LogP contribution in [0, 0.1) is 20.8 Å². The summed E-state index contributed by atoms with van der Waals surface area (Å²) < 4.78 is 0. The summed E-state index contributed by atoms with van der Waals surface area (Å²) in [5.74, 6) is 0. The van der Waals surface area contributed by atoms with E-state index in [-0.39, 0.29) is 0 Å². The van der Waals surface area contributed by atoms with Gasteiger partial charge in [-0.3, -0.25) is 0 Å². The summed E-state index contributed by atoms with van der Waals surface area (Å²) in [5.41, 5.74) is 4.02. The van der Waals surface area contributed by atoms with Crippen LogP contribution in [0.1, 0.15) is 16.7 Å². The molecule has 0 radical (unpaired) electrons. The maximum atomic E-state index is 5.88. The molecule has 0 saturated carbocycles. The fourth-order valence-corrected chi connectivity index (χ4v) is 2.78. The lowest BCUT2D eigenvalue weighted by atomic mass is 10.1. The van der Waals surface area contributed by atoms with Gasteiger partial charge in [-0.25, -0.2) is 0 Å². The Morgan fingerprint density at radius 2 is 1.41 bits per heavy atom. The third kappa shape index (κ3) is 3.05. The Hall–Kier alpha value is -0.920. The molecule has 0 N–H and O–H groups in total. The molecule has 0 nitrogen and oxygen atoms in total. The Morgan fingerprint density at radius 1 is 0.824 bits per heavy atom. The molecule has 0 spiro atoms. The first kappa shape index (κ1) is 12.5. The highest BCUT2D eigenvalue weighted by Gasteiger charge is 2.04. The van der Waals surface area contributed by atoms with Gasteiger partial charge in [0.2, 0.25) is 0 Å². The Kier molecular flexibility index (Phi) is 3.80. The van der Waals surface area contributed by atoms with Crippen molar-refractivity contribution in [3.63, 3.8) is 0 Å². The van der Waals surface area contributed by atoms with Crippen LogP contribution in [0.3, 0.4) is 0 Å². The van der Waals surface area contributed by atoms with Gasteiger partial charge in [-0.2, -0.15) is 0 Å². The molecule has 0 aliphatic rings. The van der Waals surface area contributed by atoms with E-state index in [0.29, 0.717) is 0 Å². The number of aryl methyl sites for hydroxylation is 3. The van der Waals surface area contributed by atoms with E-state index in [2.05, 4.69) is 45.0 Å². The molecule has 0 fully saturated rings. The van der Waals surface area contributed by atoms with Crippen molar-refractivity contribution in [1.82, 2.24) is 0 Å². The molecule has 0 aliphatic heterocycles. The molecule has 0 unspecified atom stereocenters. The first-order valence-corrected chi connectivity index (χ1v) is 6.77. The van der Waals surface area contributed by atoms with Crippen LogP contribution in [0.15, 0.2) is 46.2 Å². The Balaban J connectivity index is 2.30. The van der Waals surface area contributed by atoms with Crippen LogP contribution in [0.25, 0.3) is 0 Å². The minimum atomic E-state index is 0.783. The molecular weight excluding hydrogens is 248 g/mol. The highest BCUT2D eigenvalue weighted by Crippen LogP contribution is 2.32. The maximum absolute atomic E-state index is 5.88. The zero-order valence-electron chi connectivity index (χ0n) is 10.3. The van der Waals surface area contributed by atoms with Crippen LogP contribution >= 0.6 is 23.4 Å². The van der Waals surface area contributed by atoms with E-state index < -0.39 is 0 Å². The van der Waals surface area contributed by atoms with Gasteiger partial charge in [0.25, 0.3) is 0 Å². The van der Waals surface area contributed by atoms with Crippen molar-refractivity contribution in [1.29, 1.82) is 0 Å². The highest BCUT2D eigenvalue weighted by molar-refractivity contribution is 7.99. The van der Waals surface area contributed by atoms with Crippen molar-refractivity contribution in [2.45, 2.75) is 30.6 Å². The summed E-state index contributed by atoms with van der Waals surface area (Å²) in [7, 11) is 0. The van der Waals surface area contributed by atoms with Gasteiger partial charge in [0.15, 0.2) is 0 Å². The van der Waals surface area contributed by atoms with Gasteiger partial charge in [0.1, 0.15) is 0 Å². The van der Waals surface area contributed by atoms with Gasteiger partial charge in [-0.1, -0.05) is 29.4 Å². The van der Waals surface area contributed by atoms with Crippen molar-refractivity contribution in [3.05, 3.63) is 58.1 Å². The normalized spacial score (nSPS) is 10.6. The van der Waals surface area contributed by atoms with Gasteiger partial charge in [-0.15, -0.1) is 0 Å². The first-order chi connectivity index (χ1) is 8.06. The predicted octanol–water partition coefficient (Wildman–Crippen LogP) is 5.42. The molecule has 0 amide bonds. The zero-order chi connectivity index (χ0) is 12.4. The third-order valence-corrected chi connectivity index (χ3v) is 4.25. The second-order valence-corrected chi connectivity index (χ2v) is 5.81. The molecule has 2 aromatic rings. The fraction of sp³-hybridized carbons (Fsp3) is 0.200. The van der Waals surface area contributed by atoms with Gasteiger partial charge >= 0.3 is 0 Å². The van der Waals surface area contributed by atoms with Gasteiger partial charge in [0, 0.05) is 14.8 Å². The summed E-state index contributed by atoms with van der Waals surface area (Å²) in [5, 5.41) is 0.783. The lowest BCUT2D eigenvalue weighted by molar-refractivity contribution is 1.21. The van der Waals surface area contributed by atoms with Crippen molar-refractivity contribution >= 4 is 23.4 Å². The predicted molar refractivity (Wildman–Crippen MR) is 76.2 cm³/mol. The molecule has 0 aromatic heterocycles. The molecule has 2 heteroatoms. The van der Waals surface area contributed by atoms with Gasteiger partial charge in [0.05, 0.1) is 0 Å². The minimum Gasteiger partial charge on any atom is -0.0898 e. The van der Waals surface area contributed by atoms with Gasteiger partial charge < -0.3 is 0 Å². The average Bonchev–Trinajstić information content (AvgIpc) is 2.29. The molecule has 0 aliphatic carbocycles. The Labute approximate surface area is 112 Å². The fourth-order valence-electron chi connectivity index (χ4n) is 1.67. The lowest BCUT2D eigenvalue weighted by Gasteiger charge is -2.09. The van der Waals surface area contributed by atoms with Crippen LogP contribution in [0.2, 0.25) is 5.02 Å². The van der Waals surface area contributed by atoms with E-state index in [1.807, 2.05) is 12.1 Å². The number of benzene rings is 2. The molecule has 2 aromatic carbocycles. The summed E-state index contributed by atoms with van der Waals surface area (Å²) in [6.07, 6.45) is 0. The largest absolute Gasteiger partial charge is 0.0898 e. The number of hydrogen-bond donors (Lipinski definition) is 0. The number of halogens is 1. The first-order valence-electron chi connectivity index (χ1n) is 5.57. The third-order valence-electron chi connectivity index (χ3n) is 2.83. The smallest absolute Gasteiger partial charge is 0.0406 e. The molecule has 17 heavy (non-hydrogen) atoms. The minimum absolute atomic E-state index is 0.783. The summed E-state index contributed by atoms with van der Waals surface area (Å²) in [6.45, 7) is 6.46. The number of rotatable bonds is 2. The quantitative estimate of drug-likeness (QED) is 0.697. The monoisotopic (exact) mass is 262 g/mol. The van der Waals surface area contributed by atoms with Crippen LogP contribution < -0.4 is 0 Å². The second-order valence-electron chi connectivity index (χ2n) is 4.26. The molecule has 88 valence electrons. The van der Waals surface area contributed by atoms with Crippen LogP contribution in [-0.4, -0.2) is 0 Å². The Bertz CT molecular complexity index is 529. The van der Waals surface area contributed by atoms with Crippen LogP contribution in [0.5, 0.6) is 0 Å². The molecule has 0 heterocycles.